The number of benzene rings is 1. The number of likely N-dealkylation sites (N-methyl/N-ethyl adjacent to an activating group) is 1. The molecule has 3 rings (SSSR count). The molecule has 1 saturated heterocycles. The maximum Gasteiger partial charge on any atom is 0.238 e. The second kappa shape index (κ2) is 7.36. The topological polar surface area (TPSA) is 58.6 Å². The first kappa shape index (κ1) is 16.3. The van der Waals surface area contributed by atoms with Crippen LogP contribution in [-0.4, -0.2) is 47.8 Å². The zero-order valence-electron chi connectivity index (χ0n) is 13.3. The Labute approximate surface area is 140 Å². The van der Waals surface area contributed by atoms with Crippen LogP contribution in [0.4, 0.5) is 5.69 Å². The molecule has 0 aromatic heterocycles. The molecule has 5 nitrogen and oxygen atoms in total. The highest BCUT2D eigenvalue weighted by atomic mass is 32.2. The van der Waals surface area contributed by atoms with Gasteiger partial charge in [-0.25, -0.2) is 0 Å². The predicted octanol–water partition coefficient (Wildman–Crippen LogP) is 2.52. The van der Waals surface area contributed by atoms with Gasteiger partial charge in [0.05, 0.1) is 17.0 Å². The van der Waals surface area contributed by atoms with E-state index in [1.165, 1.54) is 11.8 Å². The van der Waals surface area contributed by atoms with E-state index in [-0.39, 0.29) is 29.6 Å². The summed E-state index contributed by atoms with van der Waals surface area (Å²) in [4.78, 5) is 27.6. The molecule has 0 aliphatic carbocycles. The zero-order chi connectivity index (χ0) is 16.2. The molecule has 0 bridgehead atoms. The number of rotatable bonds is 5. The Kier molecular flexibility index (Phi) is 5.23. The lowest BCUT2D eigenvalue weighted by Gasteiger charge is -2.28. The monoisotopic (exact) mass is 334 g/mol. The first-order valence-corrected chi connectivity index (χ1v) is 9.01. The van der Waals surface area contributed by atoms with Crippen molar-refractivity contribution in [2.24, 2.45) is 0 Å². The standard InChI is InChI=1S/C17H22N2O3S/c1-2-19(11-12-6-5-9-22-12)16(20)10-15-17(21)18-13-7-3-4-8-14(13)23-15/h3-4,7-8,12,15H,2,5-6,9-11H2,1H3,(H,18,21)/t12-,15+/m0/s1. The van der Waals surface area contributed by atoms with Crippen LogP contribution in [0.25, 0.3) is 0 Å². The second-order valence-corrected chi connectivity index (χ2v) is 7.11. The molecule has 23 heavy (non-hydrogen) atoms. The van der Waals surface area contributed by atoms with Gasteiger partial charge in [-0.15, -0.1) is 11.8 Å². The summed E-state index contributed by atoms with van der Waals surface area (Å²) in [6, 6.07) is 7.69. The molecular weight excluding hydrogens is 312 g/mol. The normalized spacial score (nSPS) is 23.3. The lowest BCUT2D eigenvalue weighted by atomic mass is 10.2. The van der Waals surface area contributed by atoms with Crippen molar-refractivity contribution in [3.8, 4) is 0 Å². The summed E-state index contributed by atoms with van der Waals surface area (Å²) >= 11 is 1.47. The fourth-order valence-electron chi connectivity index (χ4n) is 2.96. The molecule has 2 atom stereocenters. The molecule has 2 aliphatic heterocycles. The molecule has 0 radical (unpaired) electrons. The maximum absolute atomic E-state index is 12.6. The molecule has 0 unspecified atom stereocenters. The maximum atomic E-state index is 12.6. The predicted molar refractivity (Wildman–Crippen MR) is 90.6 cm³/mol. The lowest BCUT2D eigenvalue weighted by Crippen LogP contribution is -2.40. The van der Waals surface area contributed by atoms with Gasteiger partial charge in [-0.3, -0.25) is 9.59 Å². The number of carbonyl (C=O) groups is 2. The molecule has 2 aliphatic rings. The lowest BCUT2D eigenvalue weighted by molar-refractivity contribution is -0.133. The van der Waals surface area contributed by atoms with Crippen LogP contribution < -0.4 is 5.32 Å². The van der Waals surface area contributed by atoms with Crippen molar-refractivity contribution in [3.05, 3.63) is 24.3 Å². The number of anilines is 1. The highest BCUT2D eigenvalue weighted by Gasteiger charge is 2.31. The minimum atomic E-state index is -0.365. The summed E-state index contributed by atoms with van der Waals surface area (Å²) in [5.74, 6) is -0.0646. The van der Waals surface area contributed by atoms with E-state index in [1.54, 1.807) is 0 Å². The Balaban J connectivity index is 1.61. The smallest absolute Gasteiger partial charge is 0.238 e. The van der Waals surface area contributed by atoms with E-state index in [4.69, 9.17) is 4.74 Å². The molecule has 2 heterocycles. The molecule has 124 valence electrons. The molecule has 1 aromatic rings. The van der Waals surface area contributed by atoms with Crippen LogP contribution in [0.5, 0.6) is 0 Å². The number of carbonyl (C=O) groups excluding carboxylic acids is 2. The molecule has 0 saturated carbocycles. The first-order valence-electron chi connectivity index (χ1n) is 8.13. The number of fused-ring (bicyclic) bond motifs is 1. The van der Waals surface area contributed by atoms with Gasteiger partial charge in [0.2, 0.25) is 11.8 Å². The van der Waals surface area contributed by atoms with Crippen LogP contribution in [0.3, 0.4) is 0 Å². The van der Waals surface area contributed by atoms with Gasteiger partial charge in [-0.2, -0.15) is 0 Å². The first-order chi connectivity index (χ1) is 11.2. The van der Waals surface area contributed by atoms with Crippen molar-refractivity contribution in [1.29, 1.82) is 0 Å². The van der Waals surface area contributed by atoms with E-state index in [9.17, 15) is 9.59 Å². The number of para-hydroxylation sites is 1. The third-order valence-corrected chi connectivity index (χ3v) is 5.52. The minimum absolute atomic E-state index is 0.0232. The summed E-state index contributed by atoms with van der Waals surface area (Å²) in [6.07, 6.45) is 2.45. The Morgan fingerprint density at radius 1 is 1.43 bits per heavy atom. The quantitative estimate of drug-likeness (QED) is 0.899. The van der Waals surface area contributed by atoms with E-state index < -0.39 is 0 Å². The number of ether oxygens (including phenoxy) is 1. The summed E-state index contributed by atoms with van der Waals surface area (Å²) in [5.41, 5.74) is 0.831. The molecule has 1 N–H and O–H groups in total. The van der Waals surface area contributed by atoms with E-state index in [1.807, 2.05) is 36.1 Å². The van der Waals surface area contributed by atoms with Gasteiger partial charge in [0.25, 0.3) is 0 Å². The number of nitrogens with zero attached hydrogens (tertiary/aromatic N) is 1. The van der Waals surface area contributed by atoms with Crippen LogP contribution in [0, 0.1) is 0 Å². The van der Waals surface area contributed by atoms with Crippen LogP contribution >= 0.6 is 11.8 Å². The molecule has 1 aromatic carbocycles. The Morgan fingerprint density at radius 3 is 3.00 bits per heavy atom. The number of hydrogen-bond acceptors (Lipinski definition) is 4. The summed E-state index contributed by atoms with van der Waals surface area (Å²) in [6.45, 7) is 4.03. The average Bonchev–Trinajstić information content (AvgIpc) is 3.06. The van der Waals surface area contributed by atoms with Gasteiger partial charge in [0.1, 0.15) is 0 Å². The SMILES string of the molecule is CCN(C[C@@H]1CCCO1)C(=O)C[C@H]1Sc2ccccc2NC1=O. The Morgan fingerprint density at radius 2 is 2.26 bits per heavy atom. The molecule has 0 spiro atoms. The molecule has 6 heteroatoms. The summed E-state index contributed by atoms with van der Waals surface area (Å²) < 4.78 is 5.61. The van der Waals surface area contributed by atoms with Crippen molar-refractivity contribution < 1.29 is 14.3 Å². The second-order valence-electron chi connectivity index (χ2n) is 5.86. The van der Waals surface area contributed by atoms with E-state index >= 15 is 0 Å². The average molecular weight is 334 g/mol. The highest BCUT2D eigenvalue weighted by Crippen LogP contribution is 2.36. The van der Waals surface area contributed by atoms with E-state index in [0.717, 1.165) is 30.0 Å². The third kappa shape index (κ3) is 3.87. The minimum Gasteiger partial charge on any atom is -0.376 e. The number of nitrogens with one attached hydrogen (secondary N) is 1. The third-order valence-electron chi connectivity index (χ3n) is 4.25. The molecular formula is C17H22N2O3S. The van der Waals surface area contributed by atoms with Crippen molar-refractivity contribution in [1.82, 2.24) is 4.90 Å². The van der Waals surface area contributed by atoms with Crippen molar-refractivity contribution in [3.63, 3.8) is 0 Å². The van der Waals surface area contributed by atoms with Crippen LogP contribution in [-0.2, 0) is 14.3 Å². The van der Waals surface area contributed by atoms with Crippen molar-refractivity contribution >= 4 is 29.3 Å². The molecule has 1 fully saturated rings. The van der Waals surface area contributed by atoms with Gasteiger partial charge in [-0.05, 0) is 31.9 Å². The Hall–Kier alpha value is -1.53. The summed E-state index contributed by atoms with van der Waals surface area (Å²) in [7, 11) is 0. The van der Waals surface area contributed by atoms with Crippen molar-refractivity contribution in [2.45, 2.75) is 42.4 Å². The van der Waals surface area contributed by atoms with Crippen molar-refractivity contribution in [2.75, 3.05) is 25.0 Å². The highest BCUT2D eigenvalue weighted by molar-refractivity contribution is 8.01. The number of amides is 2. The van der Waals surface area contributed by atoms with Crippen LogP contribution in [0.1, 0.15) is 26.2 Å². The van der Waals surface area contributed by atoms with Gasteiger partial charge in [-0.1, -0.05) is 12.1 Å². The van der Waals surface area contributed by atoms with Gasteiger partial charge in [0, 0.05) is 31.0 Å². The van der Waals surface area contributed by atoms with Crippen LogP contribution in [0.15, 0.2) is 29.2 Å². The number of hydrogen-bond donors (Lipinski definition) is 1. The fourth-order valence-corrected chi connectivity index (χ4v) is 4.06. The van der Waals surface area contributed by atoms with Gasteiger partial charge < -0.3 is 15.0 Å². The zero-order valence-corrected chi connectivity index (χ0v) is 14.1. The van der Waals surface area contributed by atoms with Gasteiger partial charge in [0.15, 0.2) is 0 Å². The number of thioether (sulfide) groups is 1. The Bertz CT molecular complexity index is 587. The van der Waals surface area contributed by atoms with E-state index in [2.05, 4.69) is 5.32 Å². The molecule has 2 amide bonds. The van der Waals surface area contributed by atoms with Crippen LogP contribution in [0.2, 0.25) is 0 Å². The largest absolute Gasteiger partial charge is 0.376 e. The van der Waals surface area contributed by atoms with E-state index in [0.29, 0.717) is 13.1 Å². The van der Waals surface area contributed by atoms with Gasteiger partial charge >= 0.3 is 0 Å². The summed E-state index contributed by atoms with van der Waals surface area (Å²) in [5, 5.41) is 2.53. The fraction of sp³-hybridized carbons (Fsp3) is 0.529.